The molecule has 4 rings (SSSR count). The van der Waals surface area contributed by atoms with Gasteiger partial charge < -0.3 is 4.90 Å². The first kappa shape index (κ1) is 17.9. The quantitative estimate of drug-likeness (QED) is 0.735. The molecule has 1 heterocycles. The lowest BCUT2D eigenvalue weighted by Gasteiger charge is -2.36. The first-order valence-electron chi connectivity index (χ1n) is 9.72. The molecule has 2 aromatic carbocycles. The lowest BCUT2D eigenvalue weighted by molar-refractivity contribution is 0.112. The van der Waals surface area contributed by atoms with Crippen molar-refractivity contribution in [3.63, 3.8) is 0 Å². The van der Waals surface area contributed by atoms with Gasteiger partial charge in [-0.05, 0) is 66.8 Å². The lowest BCUT2D eigenvalue weighted by atomic mass is 10.0. The Morgan fingerprint density at radius 2 is 1.59 bits per heavy atom. The molecule has 1 fully saturated rings. The third kappa shape index (κ3) is 4.11. The van der Waals surface area contributed by atoms with Crippen LogP contribution in [-0.4, -0.2) is 43.9 Å². The summed E-state index contributed by atoms with van der Waals surface area (Å²) in [6, 6.07) is 14.8. The van der Waals surface area contributed by atoms with E-state index in [0.717, 1.165) is 57.4 Å². The number of aldehydes is 1. The molecule has 2 aliphatic rings. The second-order valence-electron chi connectivity index (χ2n) is 7.42. The Morgan fingerprint density at radius 1 is 0.889 bits per heavy atom. The van der Waals surface area contributed by atoms with Gasteiger partial charge in [0.15, 0.2) is 0 Å². The largest absolute Gasteiger partial charge is 0.369 e. The summed E-state index contributed by atoms with van der Waals surface area (Å²) < 4.78 is 13.2. The number of benzene rings is 2. The summed E-state index contributed by atoms with van der Waals surface area (Å²) >= 11 is 0. The van der Waals surface area contributed by atoms with Gasteiger partial charge in [-0.2, -0.15) is 0 Å². The minimum Gasteiger partial charge on any atom is -0.369 e. The molecule has 0 amide bonds. The topological polar surface area (TPSA) is 23.6 Å². The number of hydrogen-bond acceptors (Lipinski definition) is 3. The Morgan fingerprint density at radius 3 is 2.26 bits per heavy atom. The summed E-state index contributed by atoms with van der Waals surface area (Å²) in [6.07, 6.45) is 4.34. The maximum atomic E-state index is 13.2. The Labute approximate surface area is 160 Å². The van der Waals surface area contributed by atoms with Gasteiger partial charge >= 0.3 is 0 Å². The van der Waals surface area contributed by atoms with Crippen molar-refractivity contribution in [3.8, 4) is 0 Å². The molecule has 0 radical (unpaired) electrons. The van der Waals surface area contributed by atoms with Crippen LogP contribution in [0.25, 0.3) is 5.57 Å². The van der Waals surface area contributed by atoms with Crippen molar-refractivity contribution < 1.29 is 9.18 Å². The number of nitrogens with zero attached hydrogens (tertiary/aromatic N) is 2. The molecule has 1 aliphatic carbocycles. The zero-order valence-electron chi connectivity index (χ0n) is 15.5. The van der Waals surface area contributed by atoms with Crippen LogP contribution in [0.1, 0.15) is 35.2 Å². The van der Waals surface area contributed by atoms with Gasteiger partial charge in [-0.25, -0.2) is 4.39 Å². The van der Waals surface area contributed by atoms with Crippen LogP contribution >= 0.6 is 0 Å². The van der Waals surface area contributed by atoms with Gasteiger partial charge in [0.05, 0.1) is 0 Å². The monoisotopic (exact) mass is 364 g/mol. The van der Waals surface area contributed by atoms with Crippen LogP contribution in [-0.2, 0) is 0 Å². The second-order valence-corrected chi connectivity index (χ2v) is 7.42. The highest BCUT2D eigenvalue weighted by molar-refractivity contribution is 5.75. The molecule has 3 nitrogen and oxygen atoms in total. The Kier molecular flexibility index (Phi) is 5.35. The van der Waals surface area contributed by atoms with Gasteiger partial charge in [-0.15, -0.1) is 0 Å². The molecular weight excluding hydrogens is 339 g/mol. The average Bonchev–Trinajstić information content (AvgIpc) is 3.17. The minimum atomic E-state index is -0.170. The van der Waals surface area contributed by atoms with E-state index in [4.69, 9.17) is 0 Å². The maximum absolute atomic E-state index is 13.2. The SMILES string of the molecule is O=Cc1ccc(N2CCN(CC3=C(c4ccc(F)cc4)CCC3)CC2)cc1. The Balaban J connectivity index is 1.38. The summed E-state index contributed by atoms with van der Waals surface area (Å²) in [7, 11) is 0. The number of anilines is 1. The van der Waals surface area contributed by atoms with E-state index < -0.39 is 0 Å². The van der Waals surface area contributed by atoms with E-state index in [9.17, 15) is 9.18 Å². The summed E-state index contributed by atoms with van der Waals surface area (Å²) in [6.45, 7) is 5.09. The predicted octanol–water partition coefficient (Wildman–Crippen LogP) is 4.40. The van der Waals surface area contributed by atoms with Crippen LogP contribution in [0, 0.1) is 5.82 Å². The van der Waals surface area contributed by atoms with Crippen LogP contribution < -0.4 is 4.90 Å². The van der Waals surface area contributed by atoms with E-state index in [-0.39, 0.29) is 5.82 Å². The minimum absolute atomic E-state index is 0.170. The van der Waals surface area contributed by atoms with Crippen LogP contribution in [0.4, 0.5) is 10.1 Å². The van der Waals surface area contributed by atoms with E-state index in [1.165, 1.54) is 28.8 Å². The smallest absolute Gasteiger partial charge is 0.150 e. The second kappa shape index (κ2) is 8.05. The molecule has 4 heteroatoms. The van der Waals surface area contributed by atoms with Crippen molar-refractivity contribution in [1.82, 2.24) is 4.90 Å². The third-order valence-corrected chi connectivity index (χ3v) is 5.71. The molecule has 27 heavy (non-hydrogen) atoms. The lowest BCUT2D eigenvalue weighted by Crippen LogP contribution is -2.46. The van der Waals surface area contributed by atoms with Gasteiger partial charge in [-0.3, -0.25) is 9.69 Å². The molecule has 0 bridgehead atoms. The van der Waals surface area contributed by atoms with E-state index >= 15 is 0 Å². The van der Waals surface area contributed by atoms with Gasteiger partial charge in [0.25, 0.3) is 0 Å². The number of allylic oxidation sites excluding steroid dienone is 1. The fraction of sp³-hybridized carbons (Fsp3) is 0.348. The van der Waals surface area contributed by atoms with Gasteiger partial charge in [0.2, 0.25) is 0 Å². The molecule has 0 saturated carbocycles. The normalized spacial score (nSPS) is 18.2. The molecule has 0 atom stereocenters. The van der Waals surface area contributed by atoms with Crippen molar-refractivity contribution in [3.05, 3.63) is 71.0 Å². The van der Waals surface area contributed by atoms with Crippen molar-refractivity contribution >= 4 is 17.5 Å². The molecule has 1 aliphatic heterocycles. The highest BCUT2D eigenvalue weighted by Crippen LogP contribution is 2.34. The standard InChI is InChI=1S/C23H25FN2O/c24-21-8-6-19(7-9-21)23-3-1-2-20(23)16-25-12-14-26(15-13-25)22-10-4-18(17-27)5-11-22/h4-11,17H,1-3,12-16H2. The van der Waals surface area contributed by atoms with Crippen LogP contribution in [0.3, 0.4) is 0 Å². The molecule has 0 N–H and O–H groups in total. The molecule has 1 saturated heterocycles. The Hall–Kier alpha value is -2.46. The third-order valence-electron chi connectivity index (χ3n) is 5.71. The number of carbonyl (C=O) groups is 1. The van der Waals surface area contributed by atoms with E-state index in [2.05, 4.69) is 9.80 Å². The Bertz CT molecular complexity index is 818. The fourth-order valence-corrected chi connectivity index (χ4v) is 4.18. The first-order valence-corrected chi connectivity index (χ1v) is 9.72. The molecule has 0 aromatic heterocycles. The van der Waals surface area contributed by atoms with Crippen LogP contribution in [0.5, 0.6) is 0 Å². The van der Waals surface area contributed by atoms with Crippen molar-refractivity contribution in [2.45, 2.75) is 19.3 Å². The highest BCUT2D eigenvalue weighted by Gasteiger charge is 2.22. The first-order chi connectivity index (χ1) is 13.2. The van der Waals surface area contributed by atoms with Crippen LogP contribution in [0.2, 0.25) is 0 Å². The molecule has 140 valence electrons. The van der Waals surface area contributed by atoms with Crippen molar-refractivity contribution in [2.24, 2.45) is 0 Å². The molecule has 0 spiro atoms. The fourth-order valence-electron chi connectivity index (χ4n) is 4.18. The predicted molar refractivity (Wildman–Crippen MR) is 108 cm³/mol. The summed E-state index contributed by atoms with van der Waals surface area (Å²) in [5.41, 5.74) is 6.02. The number of piperazine rings is 1. The van der Waals surface area contributed by atoms with Gasteiger partial charge in [0.1, 0.15) is 12.1 Å². The zero-order valence-corrected chi connectivity index (χ0v) is 15.5. The summed E-state index contributed by atoms with van der Waals surface area (Å²) in [5.74, 6) is -0.170. The number of carbonyl (C=O) groups excluding carboxylic acids is 1. The number of halogens is 1. The van der Waals surface area contributed by atoms with Gasteiger partial charge in [-0.1, -0.05) is 17.7 Å². The number of rotatable bonds is 5. The summed E-state index contributed by atoms with van der Waals surface area (Å²) in [4.78, 5) is 15.7. The molecule has 0 unspecified atom stereocenters. The average molecular weight is 364 g/mol. The van der Waals surface area contributed by atoms with Gasteiger partial charge in [0, 0.05) is 44.0 Å². The zero-order chi connectivity index (χ0) is 18.6. The van der Waals surface area contributed by atoms with Crippen LogP contribution in [0.15, 0.2) is 54.1 Å². The van der Waals surface area contributed by atoms with E-state index in [1.807, 2.05) is 36.4 Å². The molecular formula is C23H25FN2O. The molecule has 2 aromatic rings. The van der Waals surface area contributed by atoms with Crippen molar-refractivity contribution in [1.29, 1.82) is 0 Å². The number of hydrogen-bond donors (Lipinski definition) is 0. The van der Waals surface area contributed by atoms with Crippen molar-refractivity contribution in [2.75, 3.05) is 37.6 Å². The van der Waals surface area contributed by atoms with E-state index in [0.29, 0.717) is 0 Å². The van der Waals surface area contributed by atoms with E-state index in [1.54, 1.807) is 12.1 Å². The highest BCUT2D eigenvalue weighted by atomic mass is 19.1. The maximum Gasteiger partial charge on any atom is 0.150 e. The summed E-state index contributed by atoms with van der Waals surface area (Å²) in [5, 5.41) is 0.